The normalized spacial score (nSPS) is 19.7. The topological polar surface area (TPSA) is 66.4 Å². The number of halogens is 1. The molecule has 1 aliphatic rings. The van der Waals surface area contributed by atoms with Crippen molar-refractivity contribution in [3.8, 4) is 0 Å². The average Bonchev–Trinajstić information content (AvgIpc) is 2.37. The molecule has 0 aliphatic heterocycles. The lowest BCUT2D eigenvalue weighted by molar-refractivity contribution is 0.219. The summed E-state index contributed by atoms with van der Waals surface area (Å²) in [6.07, 6.45) is 2.96. The predicted molar refractivity (Wildman–Crippen MR) is 76.9 cm³/mol. The van der Waals surface area contributed by atoms with Crippen molar-refractivity contribution in [1.29, 1.82) is 0 Å². The minimum Gasteiger partial charge on any atom is -0.395 e. The fourth-order valence-corrected chi connectivity index (χ4v) is 3.62. The van der Waals surface area contributed by atoms with Gasteiger partial charge in [0.2, 0.25) is 10.0 Å². The van der Waals surface area contributed by atoms with Crippen LogP contribution in [0.5, 0.6) is 0 Å². The van der Waals surface area contributed by atoms with Crippen LogP contribution in [0.25, 0.3) is 0 Å². The molecule has 0 aromatic rings. The summed E-state index contributed by atoms with van der Waals surface area (Å²) in [5, 5.41) is 9.24. The number of nitrogens with one attached hydrogen (secondary N) is 1. The van der Waals surface area contributed by atoms with Crippen LogP contribution in [0.2, 0.25) is 0 Å². The Hall–Kier alpha value is -0.630. The first kappa shape index (κ1) is 16.4. The molecule has 0 aromatic carbocycles. The maximum absolute atomic E-state index is 13.2. The highest BCUT2D eigenvalue weighted by atomic mass is 32.2. The summed E-state index contributed by atoms with van der Waals surface area (Å²) in [4.78, 5) is -0.0426. The van der Waals surface area contributed by atoms with Crippen LogP contribution in [-0.4, -0.2) is 31.0 Å². The van der Waals surface area contributed by atoms with Crippen LogP contribution >= 0.6 is 12.2 Å². The number of allylic oxidation sites excluding steroid dienone is 4. The Bertz CT molecular complexity index is 511. The number of rotatable bonds is 6. The molecule has 0 saturated heterocycles. The zero-order chi connectivity index (χ0) is 14.6. The zero-order valence-electron chi connectivity index (χ0n) is 10.9. The lowest BCUT2D eigenvalue weighted by Gasteiger charge is -2.23. The average molecular weight is 307 g/mol. The minimum atomic E-state index is -3.90. The summed E-state index contributed by atoms with van der Waals surface area (Å²) in [5.74, 6) is -0.643. The number of hydrogen-bond acceptors (Lipinski definition) is 4. The lowest BCUT2D eigenvalue weighted by Crippen LogP contribution is -2.43. The van der Waals surface area contributed by atoms with Crippen molar-refractivity contribution in [1.82, 2.24) is 4.72 Å². The van der Waals surface area contributed by atoms with E-state index in [2.05, 4.69) is 4.72 Å². The molecule has 0 bridgehead atoms. The molecule has 1 rings (SSSR count). The molecule has 1 aliphatic carbocycles. The van der Waals surface area contributed by atoms with E-state index in [0.29, 0.717) is 6.42 Å². The van der Waals surface area contributed by atoms with Gasteiger partial charge in [-0.3, -0.25) is 0 Å². The Morgan fingerprint density at radius 1 is 1.58 bits per heavy atom. The highest BCUT2D eigenvalue weighted by Crippen LogP contribution is 2.21. The van der Waals surface area contributed by atoms with Gasteiger partial charge in [-0.15, -0.1) is 0 Å². The maximum atomic E-state index is 13.2. The van der Waals surface area contributed by atoms with Gasteiger partial charge in [-0.25, -0.2) is 17.5 Å². The smallest absolute Gasteiger partial charge is 0.242 e. The van der Waals surface area contributed by atoms with E-state index in [-0.39, 0.29) is 28.7 Å². The van der Waals surface area contributed by atoms with E-state index in [0.717, 1.165) is 6.08 Å². The molecule has 0 fully saturated rings. The molecule has 108 valence electrons. The summed E-state index contributed by atoms with van der Waals surface area (Å²) in [7, 11) is -3.90. The number of thiocarbonyl (C=S) groups is 1. The second-order valence-corrected chi connectivity index (χ2v) is 6.70. The van der Waals surface area contributed by atoms with E-state index in [4.69, 9.17) is 12.2 Å². The van der Waals surface area contributed by atoms with Crippen molar-refractivity contribution < 1.29 is 17.9 Å². The Balaban J connectivity index is 2.98. The standard InChI is InChI=1S/C12H18FNO3S2/c1-3-8(2)10(7-15)14-19(16,17)12-6-9(13)4-5-11(12)18/h4,6,8,10,14-15H,3,5,7H2,1-2H3/t8-,10+/m0/s1. The Kier molecular flexibility index (Phi) is 5.79. The molecule has 2 N–H and O–H groups in total. The van der Waals surface area contributed by atoms with Gasteiger partial charge in [0.05, 0.1) is 11.5 Å². The second-order valence-electron chi connectivity index (χ2n) is 4.52. The number of aliphatic hydroxyl groups excluding tert-OH is 1. The molecular weight excluding hydrogens is 289 g/mol. The highest BCUT2D eigenvalue weighted by molar-refractivity contribution is 7.96. The SMILES string of the molecule is CC[C@H](C)[C@@H](CO)NS(=O)(=O)C1=CC(F)=CCC1=S. The summed E-state index contributed by atoms with van der Waals surface area (Å²) in [6, 6.07) is -0.604. The van der Waals surface area contributed by atoms with Crippen LogP contribution in [0.3, 0.4) is 0 Å². The van der Waals surface area contributed by atoms with Gasteiger partial charge >= 0.3 is 0 Å². The van der Waals surface area contributed by atoms with Crippen molar-refractivity contribution in [2.24, 2.45) is 5.92 Å². The Morgan fingerprint density at radius 3 is 2.74 bits per heavy atom. The van der Waals surface area contributed by atoms with E-state index >= 15 is 0 Å². The van der Waals surface area contributed by atoms with Crippen molar-refractivity contribution >= 4 is 27.1 Å². The van der Waals surface area contributed by atoms with Gasteiger partial charge in [0.15, 0.2) is 0 Å². The summed E-state index contributed by atoms with van der Waals surface area (Å²) < 4.78 is 39.9. The van der Waals surface area contributed by atoms with E-state index in [9.17, 15) is 17.9 Å². The Labute approximate surface area is 118 Å². The molecule has 0 saturated carbocycles. The fourth-order valence-electron chi connectivity index (χ4n) is 1.66. The quantitative estimate of drug-likeness (QED) is 0.735. The van der Waals surface area contributed by atoms with Crippen LogP contribution in [0.15, 0.2) is 22.9 Å². The van der Waals surface area contributed by atoms with Gasteiger partial charge in [0.1, 0.15) is 5.83 Å². The van der Waals surface area contributed by atoms with E-state index < -0.39 is 21.9 Å². The van der Waals surface area contributed by atoms with Gasteiger partial charge in [0, 0.05) is 17.3 Å². The summed E-state index contributed by atoms with van der Waals surface area (Å²) >= 11 is 4.95. The highest BCUT2D eigenvalue weighted by Gasteiger charge is 2.28. The number of aliphatic hydroxyl groups is 1. The minimum absolute atomic E-state index is 0.0297. The van der Waals surface area contributed by atoms with Crippen molar-refractivity contribution in [3.05, 3.63) is 22.9 Å². The molecular formula is C12H18FNO3S2. The first-order valence-corrected chi connectivity index (χ1v) is 7.94. The third-order valence-corrected chi connectivity index (χ3v) is 5.22. The lowest BCUT2D eigenvalue weighted by atomic mass is 10.0. The molecule has 4 nitrogen and oxygen atoms in total. The number of sulfonamides is 1. The molecule has 7 heteroatoms. The largest absolute Gasteiger partial charge is 0.395 e. The monoisotopic (exact) mass is 307 g/mol. The molecule has 2 atom stereocenters. The van der Waals surface area contributed by atoms with Crippen LogP contribution in [0, 0.1) is 5.92 Å². The van der Waals surface area contributed by atoms with E-state index in [1.165, 1.54) is 6.08 Å². The molecule has 0 spiro atoms. The first-order chi connectivity index (χ1) is 8.81. The summed E-state index contributed by atoms with van der Waals surface area (Å²) in [5.41, 5.74) is 0. The molecule has 0 aromatic heterocycles. The van der Waals surface area contributed by atoms with Crippen LogP contribution in [0.1, 0.15) is 26.7 Å². The Morgan fingerprint density at radius 2 is 2.21 bits per heavy atom. The van der Waals surface area contributed by atoms with Crippen molar-refractivity contribution in [2.45, 2.75) is 32.7 Å². The summed E-state index contributed by atoms with van der Waals surface area (Å²) in [6.45, 7) is 3.42. The maximum Gasteiger partial charge on any atom is 0.242 e. The molecule has 0 heterocycles. The van der Waals surface area contributed by atoms with Crippen LogP contribution in [0.4, 0.5) is 4.39 Å². The van der Waals surface area contributed by atoms with Gasteiger partial charge in [-0.05, 0) is 18.1 Å². The third-order valence-electron chi connectivity index (χ3n) is 3.15. The van der Waals surface area contributed by atoms with Gasteiger partial charge < -0.3 is 5.11 Å². The second kappa shape index (κ2) is 6.69. The van der Waals surface area contributed by atoms with E-state index in [1.54, 1.807) is 0 Å². The third kappa shape index (κ3) is 4.17. The first-order valence-electron chi connectivity index (χ1n) is 6.05. The van der Waals surface area contributed by atoms with Crippen molar-refractivity contribution in [3.63, 3.8) is 0 Å². The zero-order valence-corrected chi connectivity index (χ0v) is 12.5. The van der Waals surface area contributed by atoms with Crippen LogP contribution in [-0.2, 0) is 10.0 Å². The fraction of sp³-hybridized carbons (Fsp3) is 0.583. The van der Waals surface area contributed by atoms with E-state index in [1.807, 2.05) is 13.8 Å². The predicted octanol–water partition coefficient (Wildman–Crippen LogP) is 1.82. The molecule has 19 heavy (non-hydrogen) atoms. The number of hydrogen-bond donors (Lipinski definition) is 2. The van der Waals surface area contributed by atoms with Crippen LogP contribution < -0.4 is 4.72 Å². The van der Waals surface area contributed by atoms with Gasteiger partial charge in [-0.1, -0.05) is 32.5 Å². The molecule has 0 radical (unpaired) electrons. The van der Waals surface area contributed by atoms with Gasteiger partial charge in [-0.2, -0.15) is 0 Å². The van der Waals surface area contributed by atoms with Crippen molar-refractivity contribution in [2.75, 3.05) is 6.61 Å². The van der Waals surface area contributed by atoms with Gasteiger partial charge in [0.25, 0.3) is 0 Å². The molecule has 0 amide bonds. The molecule has 0 unspecified atom stereocenters.